The maximum Gasteiger partial charge on any atom is 0.415 e. The summed E-state index contributed by atoms with van der Waals surface area (Å²) in [5, 5.41) is 0. The van der Waals surface area contributed by atoms with Crippen LogP contribution in [0.25, 0.3) is 0 Å². The smallest absolute Gasteiger partial charge is 0.415 e. The van der Waals surface area contributed by atoms with Crippen molar-refractivity contribution in [3.05, 3.63) is 42.7 Å². The van der Waals surface area contributed by atoms with Crippen LogP contribution >= 0.6 is 0 Å². The van der Waals surface area contributed by atoms with E-state index in [0.29, 0.717) is 30.1 Å². The zero-order valence-electron chi connectivity index (χ0n) is 21.0. The number of likely N-dealkylation sites (tertiary alicyclic amines) is 1. The summed E-state index contributed by atoms with van der Waals surface area (Å²) in [4.78, 5) is 23.4. The quantitative estimate of drug-likeness (QED) is 0.609. The van der Waals surface area contributed by atoms with Crippen LogP contribution in [0.5, 0.6) is 11.5 Å². The monoisotopic (exact) mass is 480 g/mol. The highest BCUT2D eigenvalue weighted by Gasteiger charge is 2.47. The Morgan fingerprint density at radius 1 is 1.00 bits per heavy atom. The Hall–Kier alpha value is -3.00. The van der Waals surface area contributed by atoms with Crippen molar-refractivity contribution in [3.8, 4) is 11.5 Å². The van der Waals surface area contributed by atoms with Crippen molar-refractivity contribution in [2.24, 2.45) is 0 Å². The van der Waals surface area contributed by atoms with E-state index in [1.54, 1.807) is 24.4 Å². The number of hydrogen-bond acceptors (Lipinski definition) is 7. The molecule has 3 aliphatic heterocycles. The number of ether oxygens (including phenoxy) is 3. The van der Waals surface area contributed by atoms with Crippen molar-refractivity contribution >= 4 is 17.5 Å². The topological polar surface area (TPSA) is 67.4 Å². The predicted octanol–water partition coefficient (Wildman–Crippen LogP) is 4.34. The number of amides is 1. The number of pyridine rings is 1. The van der Waals surface area contributed by atoms with Crippen LogP contribution in [-0.2, 0) is 4.74 Å². The average molecular weight is 481 g/mol. The van der Waals surface area contributed by atoms with Gasteiger partial charge in [0, 0.05) is 56.8 Å². The standard InChI is InChI=1S/C27H36N4O4/c1-20(2)29-12-8-24(9-13-29)34-23-6-4-21(5-7-23)30-14-10-27(11-15-30)19-31(26(32)35-27)22-16-25(33-3)18-28-17-22/h4-7,16-18,20,24H,8-15,19H2,1-3H3. The molecule has 0 saturated carbocycles. The molecule has 8 nitrogen and oxygen atoms in total. The maximum absolute atomic E-state index is 12.7. The maximum atomic E-state index is 12.7. The summed E-state index contributed by atoms with van der Waals surface area (Å²) < 4.78 is 17.4. The first-order valence-electron chi connectivity index (χ1n) is 12.7. The second kappa shape index (κ2) is 9.93. The molecule has 4 heterocycles. The summed E-state index contributed by atoms with van der Waals surface area (Å²) in [6.07, 6.45) is 7.03. The van der Waals surface area contributed by atoms with E-state index in [2.05, 4.69) is 52.9 Å². The Labute approximate surface area is 207 Å². The van der Waals surface area contributed by atoms with Crippen molar-refractivity contribution in [1.29, 1.82) is 0 Å². The molecular formula is C27H36N4O4. The molecule has 0 N–H and O–H groups in total. The molecule has 3 saturated heterocycles. The van der Waals surface area contributed by atoms with E-state index in [4.69, 9.17) is 14.2 Å². The molecule has 188 valence electrons. The molecule has 2 aromatic rings. The van der Waals surface area contributed by atoms with Crippen molar-refractivity contribution in [2.45, 2.75) is 57.3 Å². The van der Waals surface area contributed by atoms with Gasteiger partial charge in [0.1, 0.15) is 23.2 Å². The zero-order chi connectivity index (χ0) is 24.4. The third-order valence-corrected chi connectivity index (χ3v) is 7.60. The van der Waals surface area contributed by atoms with Gasteiger partial charge in [-0.25, -0.2) is 4.79 Å². The third kappa shape index (κ3) is 5.17. The molecule has 0 atom stereocenters. The molecular weight excluding hydrogens is 444 g/mol. The Morgan fingerprint density at radius 3 is 2.37 bits per heavy atom. The summed E-state index contributed by atoms with van der Waals surface area (Å²) in [7, 11) is 1.59. The van der Waals surface area contributed by atoms with Crippen LogP contribution in [0.3, 0.4) is 0 Å². The van der Waals surface area contributed by atoms with E-state index in [1.165, 1.54) is 5.69 Å². The summed E-state index contributed by atoms with van der Waals surface area (Å²) in [5.74, 6) is 1.57. The number of hydrogen-bond donors (Lipinski definition) is 0. The van der Waals surface area contributed by atoms with Crippen molar-refractivity contribution in [3.63, 3.8) is 0 Å². The molecule has 35 heavy (non-hydrogen) atoms. The highest BCUT2D eigenvalue weighted by Crippen LogP contribution is 2.37. The molecule has 0 bridgehead atoms. The van der Waals surface area contributed by atoms with Gasteiger partial charge in [0.05, 0.1) is 31.7 Å². The van der Waals surface area contributed by atoms with Gasteiger partial charge in [-0.2, -0.15) is 0 Å². The summed E-state index contributed by atoms with van der Waals surface area (Å²) >= 11 is 0. The number of aromatic nitrogens is 1. The van der Waals surface area contributed by atoms with Gasteiger partial charge in [0.2, 0.25) is 0 Å². The second-order valence-corrected chi connectivity index (χ2v) is 10.1. The lowest BCUT2D eigenvalue weighted by Gasteiger charge is -2.38. The van der Waals surface area contributed by atoms with E-state index in [1.807, 2.05) is 6.07 Å². The largest absolute Gasteiger partial charge is 0.495 e. The highest BCUT2D eigenvalue weighted by molar-refractivity contribution is 5.90. The molecule has 1 spiro atoms. The van der Waals surface area contributed by atoms with Gasteiger partial charge in [-0.1, -0.05) is 0 Å². The average Bonchev–Trinajstić information content (AvgIpc) is 3.20. The van der Waals surface area contributed by atoms with Gasteiger partial charge < -0.3 is 24.0 Å². The van der Waals surface area contributed by atoms with Crippen molar-refractivity contribution < 1.29 is 19.0 Å². The van der Waals surface area contributed by atoms with Crippen molar-refractivity contribution in [1.82, 2.24) is 9.88 Å². The Morgan fingerprint density at radius 2 is 1.71 bits per heavy atom. The summed E-state index contributed by atoms with van der Waals surface area (Å²) in [6.45, 7) is 8.94. The van der Waals surface area contributed by atoms with Gasteiger partial charge in [0.25, 0.3) is 0 Å². The minimum Gasteiger partial charge on any atom is -0.495 e. The number of methoxy groups -OCH3 is 1. The first-order valence-corrected chi connectivity index (χ1v) is 12.7. The number of carbonyl (C=O) groups excluding carboxylic acids is 1. The third-order valence-electron chi connectivity index (χ3n) is 7.60. The summed E-state index contributed by atoms with van der Waals surface area (Å²) in [5.41, 5.74) is 1.43. The molecule has 1 aromatic heterocycles. The first kappa shape index (κ1) is 23.7. The van der Waals surface area contributed by atoms with Crippen LogP contribution in [-0.4, -0.2) is 73.6 Å². The molecule has 3 fully saturated rings. The fourth-order valence-corrected chi connectivity index (χ4v) is 5.36. The minimum absolute atomic E-state index is 0.297. The Bertz CT molecular complexity index is 1010. The lowest BCUT2D eigenvalue weighted by molar-refractivity contribution is 0.0367. The number of anilines is 2. The number of rotatable bonds is 6. The van der Waals surface area contributed by atoms with E-state index < -0.39 is 5.60 Å². The second-order valence-electron chi connectivity index (χ2n) is 10.1. The SMILES string of the molecule is COc1cncc(N2CC3(CCN(c4ccc(OC5CCN(C(C)C)CC5)cc4)CC3)OC2=O)c1. The van der Waals surface area contributed by atoms with E-state index >= 15 is 0 Å². The van der Waals surface area contributed by atoms with Gasteiger partial charge in [-0.05, 0) is 51.0 Å². The Balaban J connectivity index is 1.15. The highest BCUT2D eigenvalue weighted by atomic mass is 16.6. The van der Waals surface area contributed by atoms with Gasteiger partial charge in [-0.15, -0.1) is 0 Å². The molecule has 0 unspecified atom stereocenters. The molecule has 0 radical (unpaired) electrons. The number of benzene rings is 1. The van der Waals surface area contributed by atoms with Gasteiger partial charge >= 0.3 is 6.09 Å². The number of piperidine rings is 2. The molecule has 3 aliphatic rings. The molecule has 8 heteroatoms. The van der Waals surface area contributed by atoms with Crippen LogP contribution in [0.2, 0.25) is 0 Å². The van der Waals surface area contributed by atoms with Crippen LogP contribution in [0.4, 0.5) is 16.2 Å². The van der Waals surface area contributed by atoms with Crippen molar-refractivity contribution in [2.75, 3.05) is 49.6 Å². The lowest BCUT2D eigenvalue weighted by atomic mass is 9.91. The van der Waals surface area contributed by atoms with Gasteiger partial charge in [0.15, 0.2) is 0 Å². The molecule has 1 aromatic carbocycles. The van der Waals surface area contributed by atoms with E-state index in [-0.39, 0.29) is 6.09 Å². The molecule has 5 rings (SSSR count). The van der Waals surface area contributed by atoms with Crippen LogP contribution < -0.4 is 19.3 Å². The fourth-order valence-electron chi connectivity index (χ4n) is 5.36. The Kier molecular flexibility index (Phi) is 6.73. The zero-order valence-corrected chi connectivity index (χ0v) is 21.0. The number of carbonyl (C=O) groups is 1. The minimum atomic E-state index is -0.454. The van der Waals surface area contributed by atoms with Crippen LogP contribution in [0.1, 0.15) is 39.5 Å². The molecule has 0 aliphatic carbocycles. The predicted molar refractivity (Wildman–Crippen MR) is 136 cm³/mol. The van der Waals surface area contributed by atoms with Crippen LogP contribution in [0.15, 0.2) is 42.7 Å². The van der Waals surface area contributed by atoms with Gasteiger partial charge in [-0.3, -0.25) is 9.88 Å². The normalized spacial score (nSPS) is 21.0. The van der Waals surface area contributed by atoms with E-state index in [0.717, 1.165) is 57.6 Å². The first-order chi connectivity index (χ1) is 16.9. The molecule has 1 amide bonds. The number of nitrogens with zero attached hydrogens (tertiary/aromatic N) is 4. The lowest BCUT2D eigenvalue weighted by Crippen LogP contribution is -2.47. The summed E-state index contributed by atoms with van der Waals surface area (Å²) in [6, 6.07) is 10.9. The van der Waals surface area contributed by atoms with Crippen LogP contribution in [0, 0.1) is 0 Å². The van der Waals surface area contributed by atoms with E-state index in [9.17, 15) is 4.79 Å². The fraction of sp³-hybridized carbons (Fsp3) is 0.556.